The number of nitro groups is 1. The Morgan fingerprint density at radius 2 is 2.06 bits per heavy atom. The molecule has 1 aliphatic heterocycles. The second-order valence-electron chi connectivity index (χ2n) is 4.64. The molecule has 1 fully saturated rings. The molecule has 1 unspecified atom stereocenters. The molecule has 1 N–H and O–H groups in total. The fourth-order valence-corrected chi connectivity index (χ4v) is 2.09. The highest BCUT2D eigenvalue weighted by molar-refractivity contribution is 6.08. The predicted molar refractivity (Wildman–Crippen MR) is 63.0 cm³/mol. The Hall–Kier alpha value is -2.24. The van der Waals surface area contributed by atoms with E-state index in [-0.39, 0.29) is 18.0 Å². The third-order valence-electron chi connectivity index (χ3n) is 3.31. The van der Waals surface area contributed by atoms with E-state index in [0.29, 0.717) is 11.1 Å². The number of benzene rings is 1. The number of amides is 2. The van der Waals surface area contributed by atoms with Gasteiger partial charge in [0, 0.05) is 18.1 Å². The van der Waals surface area contributed by atoms with Gasteiger partial charge in [-0.1, -0.05) is 12.1 Å². The maximum absolute atomic E-state index is 11.8. The summed E-state index contributed by atoms with van der Waals surface area (Å²) in [6, 6.07) is 4.61. The molecular weight excluding hydrogens is 236 g/mol. The minimum absolute atomic E-state index is 0.0199. The van der Waals surface area contributed by atoms with Gasteiger partial charge in [-0.15, -0.1) is 0 Å². The molecule has 0 aromatic heterocycles. The molecule has 1 atom stereocenters. The molecule has 0 aliphatic carbocycles. The van der Waals surface area contributed by atoms with Crippen LogP contribution in [0.15, 0.2) is 18.2 Å². The lowest BCUT2D eigenvalue weighted by atomic mass is 9.80. The van der Waals surface area contributed by atoms with Gasteiger partial charge in [-0.25, -0.2) is 0 Å². The fraction of sp³-hybridized carbons (Fsp3) is 0.333. The van der Waals surface area contributed by atoms with Gasteiger partial charge in [0.05, 0.1) is 10.3 Å². The Bertz CT molecular complexity index is 567. The number of hydrogen-bond donors (Lipinski definition) is 1. The van der Waals surface area contributed by atoms with Crippen molar-refractivity contribution in [3.8, 4) is 0 Å². The number of carbonyl (C=O) groups excluding carboxylic acids is 2. The molecule has 6 nitrogen and oxygen atoms in total. The summed E-state index contributed by atoms with van der Waals surface area (Å²) in [6.45, 7) is 3.24. The molecule has 0 saturated carbocycles. The molecule has 1 heterocycles. The lowest BCUT2D eigenvalue weighted by Crippen LogP contribution is -2.32. The van der Waals surface area contributed by atoms with Crippen molar-refractivity contribution >= 4 is 17.5 Å². The van der Waals surface area contributed by atoms with Crippen LogP contribution in [0.3, 0.4) is 0 Å². The summed E-state index contributed by atoms with van der Waals surface area (Å²) < 4.78 is 0. The van der Waals surface area contributed by atoms with Gasteiger partial charge in [0.1, 0.15) is 0 Å². The normalized spacial score (nSPS) is 23.0. The molecule has 1 saturated heterocycles. The van der Waals surface area contributed by atoms with Gasteiger partial charge in [-0.2, -0.15) is 0 Å². The van der Waals surface area contributed by atoms with Crippen molar-refractivity contribution in [1.29, 1.82) is 0 Å². The number of rotatable bonds is 2. The topological polar surface area (TPSA) is 89.3 Å². The van der Waals surface area contributed by atoms with E-state index in [2.05, 4.69) is 5.32 Å². The van der Waals surface area contributed by atoms with Crippen LogP contribution in [0.5, 0.6) is 0 Å². The number of carbonyl (C=O) groups is 2. The standard InChI is InChI=1S/C12H12N2O4/c1-7-3-4-8(5-9(7)14(17)18)12(2)6-10(15)13-11(12)16/h3-5H,6H2,1-2H3,(H,13,15,16). The van der Waals surface area contributed by atoms with Crippen molar-refractivity contribution < 1.29 is 14.5 Å². The van der Waals surface area contributed by atoms with Crippen molar-refractivity contribution in [3.05, 3.63) is 39.4 Å². The first-order valence-corrected chi connectivity index (χ1v) is 5.44. The predicted octanol–water partition coefficient (Wildman–Crippen LogP) is 1.21. The maximum Gasteiger partial charge on any atom is 0.272 e. The van der Waals surface area contributed by atoms with Crippen LogP contribution in [-0.2, 0) is 15.0 Å². The van der Waals surface area contributed by atoms with Gasteiger partial charge >= 0.3 is 0 Å². The summed E-state index contributed by atoms with van der Waals surface area (Å²) in [5, 5.41) is 13.1. The van der Waals surface area contributed by atoms with Gasteiger partial charge in [0.15, 0.2) is 0 Å². The average Bonchev–Trinajstić information content (AvgIpc) is 2.53. The monoisotopic (exact) mass is 248 g/mol. The van der Waals surface area contributed by atoms with E-state index in [1.807, 2.05) is 0 Å². The smallest absolute Gasteiger partial charge is 0.272 e. The summed E-state index contributed by atoms with van der Waals surface area (Å²) in [5.74, 6) is -0.767. The van der Waals surface area contributed by atoms with Gasteiger partial charge in [-0.3, -0.25) is 25.0 Å². The minimum Gasteiger partial charge on any atom is -0.296 e. The van der Waals surface area contributed by atoms with E-state index in [9.17, 15) is 19.7 Å². The highest BCUT2D eigenvalue weighted by atomic mass is 16.6. The quantitative estimate of drug-likeness (QED) is 0.484. The van der Waals surface area contributed by atoms with E-state index in [1.165, 1.54) is 6.07 Å². The highest BCUT2D eigenvalue weighted by Gasteiger charge is 2.44. The summed E-state index contributed by atoms with van der Waals surface area (Å²) >= 11 is 0. The van der Waals surface area contributed by atoms with Crippen LogP contribution in [0.2, 0.25) is 0 Å². The number of hydrogen-bond acceptors (Lipinski definition) is 4. The number of imide groups is 1. The van der Waals surface area contributed by atoms with Crippen molar-refractivity contribution in [1.82, 2.24) is 5.32 Å². The van der Waals surface area contributed by atoms with Crippen molar-refractivity contribution in [2.45, 2.75) is 25.7 Å². The van der Waals surface area contributed by atoms with E-state index >= 15 is 0 Å². The van der Waals surface area contributed by atoms with E-state index in [4.69, 9.17) is 0 Å². The molecule has 1 aromatic rings. The first kappa shape index (κ1) is 12.2. The van der Waals surface area contributed by atoms with Gasteiger partial charge in [0.25, 0.3) is 5.69 Å². The lowest BCUT2D eigenvalue weighted by molar-refractivity contribution is -0.385. The van der Waals surface area contributed by atoms with Gasteiger partial charge in [-0.05, 0) is 19.4 Å². The van der Waals surface area contributed by atoms with Crippen molar-refractivity contribution in [2.75, 3.05) is 0 Å². The Labute approximate surface area is 103 Å². The number of aryl methyl sites for hydroxylation is 1. The molecule has 94 valence electrons. The molecule has 18 heavy (non-hydrogen) atoms. The summed E-state index contributed by atoms with van der Waals surface area (Å²) in [5.41, 5.74) is -0.0451. The first-order chi connectivity index (χ1) is 8.34. The van der Waals surface area contributed by atoms with Gasteiger partial charge in [0.2, 0.25) is 11.8 Å². The van der Waals surface area contributed by atoms with Crippen LogP contribution >= 0.6 is 0 Å². The molecule has 2 amide bonds. The molecule has 0 radical (unpaired) electrons. The summed E-state index contributed by atoms with van der Waals surface area (Å²) in [7, 11) is 0. The Balaban J connectivity index is 2.52. The lowest BCUT2D eigenvalue weighted by Gasteiger charge is -2.19. The van der Waals surface area contributed by atoms with Gasteiger partial charge < -0.3 is 0 Å². The van der Waals surface area contributed by atoms with E-state index < -0.39 is 16.2 Å². The van der Waals surface area contributed by atoms with Crippen LogP contribution in [0, 0.1) is 17.0 Å². The Morgan fingerprint density at radius 3 is 2.56 bits per heavy atom. The highest BCUT2D eigenvalue weighted by Crippen LogP contribution is 2.34. The zero-order chi connectivity index (χ0) is 13.5. The molecule has 2 rings (SSSR count). The number of nitro benzene ring substituents is 1. The third kappa shape index (κ3) is 1.75. The van der Waals surface area contributed by atoms with Crippen LogP contribution < -0.4 is 5.32 Å². The Kier molecular flexibility index (Phi) is 2.65. The maximum atomic E-state index is 11.8. The SMILES string of the molecule is Cc1ccc(C2(C)CC(=O)NC2=O)cc1[N+](=O)[O-]. The summed E-state index contributed by atoms with van der Waals surface area (Å²) in [6.07, 6.45) is 0.0199. The zero-order valence-electron chi connectivity index (χ0n) is 10.0. The van der Waals surface area contributed by atoms with Crippen molar-refractivity contribution in [2.24, 2.45) is 0 Å². The van der Waals surface area contributed by atoms with E-state index in [0.717, 1.165) is 0 Å². The largest absolute Gasteiger partial charge is 0.296 e. The second kappa shape index (κ2) is 3.90. The number of nitrogens with zero attached hydrogens (tertiary/aromatic N) is 1. The molecular formula is C12H12N2O4. The molecule has 6 heteroatoms. The number of nitrogens with one attached hydrogen (secondary N) is 1. The molecule has 1 aromatic carbocycles. The first-order valence-electron chi connectivity index (χ1n) is 5.44. The minimum atomic E-state index is -1.02. The second-order valence-corrected chi connectivity index (χ2v) is 4.64. The fourth-order valence-electron chi connectivity index (χ4n) is 2.09. The molecule has 0 spiro atoms. The van der Waals surface area contributed by atoms with Crippen LogP contribution in [0.4, 0.5) is 5.69 Å². The van der Waals surface area contributed by atoms with Crippen LogP contribution in [0.1, 0.15) is 24.5 Å². The molecule has 1 aliphatic rings. The summed E-state index contributed by atoms with van der Waals surface area (Å²) in [4.78, 5) is 33.4. The van der Waals surface area contributed by atoms with E-state index in [1.54, 1.807) is 26.0 Å². The molecule has 0 bridgehead atoms. The van der Waals surface area contributed by atoms with Crippen molar-refractivity contribution in [3.63, 3.8) is 0 Å². The van der Waals surface area contributed by atoms with Crippen LogP contribution in [0.25, 0.3) is 0 Å². The van der Waals surface area contributed by atoms with Crippen LogP contribution in [-0.4, -0.2) is 16.7 Å². The Morgan fingerprint density at radius 1 is 1.39 bits per heavy atom. The zero-order valence-corrected chi connectivity index (χ0v) is 10.0. The average molecular weight is 248 g/mol. The third-order valence-corrected chi connectivity index (χ3v) is 3.31.